The Labute approximate surface area is 122 Å². The molecule has 2 aromatic carbocycles. The van der Waals surface area contributed by atoms with Crippen molar-refractivity contribution in [1.82, 2.24) is 5.32 Å². The number of rotatable bonds is 5. The summed E-state index contributed by atoms with van der Waals surface area (Å²) in [7, 11) is 0. The normalized spacial score (nSPS) is 12.4. The second-order valence-corrected chi connectivity index (χ2v) is 4.98. The highest BCUT2D eigenvalue weighted by Gasteiger charge is 2.17. The van der Waals surface area contributed by atoms with Crippen molar-refractivity contribution < 1.29 is 8.78 Å². The van der Waals surface area contributed by atoms with Crippen LogP contribution in [0.3, 0.4) is 0 Å². The Morgan fingerprint density at radius 2 is 1.90 bits per heavy atom. The van der Waals surface area contributed by atoms with Gasteiger partial charge in [-0.05, 0) is 42.8 Å². The smallest absolute Gasteiger partial charge is 0.128 e. The van der Waals surface area contributed by atoms with E-state index in [2.05, 4.69) is 5.32 Å². The Hall–Kier alpha value is -1.45. The molecule has 0 aliphatic carbocycles. The Morgan fingerprint density at radius 1 is 1.15 bits per heavy atom. The first-order valence-electron chi connectivity index (χ1n) is 6.53. The summed E-state index contributed by atoms with van der Waals surface area (Å²) in [5, 5.41) is 3.81. The zero-order valence-corrected chi connectivity index (χ0v) is 11.9. The molecule has 0 spiro atoms. The molecule has 1 N–H and O–H groups in total. The molecule has 4 heteroatoms. The summed E-state index contributed by atoms with van der Waals surface area (Å²) in [6.07, 6.45) is 0.508. The van der Waals surface area contributed by atoms with E-state index in [9.17, 15) is 8.78 Å². The molecule has 1 unspecified atom stereocenters. The first-order valence-corrected chi connectivity index (χ1v) is 6.91. The summed E-state index contributed by atoms with van der Waals surface area (Å²) in [4.78, 5) is 0. The van der Waals surface area contributed by atoms with Crippen molar-refractivity contribution >= 4 is 11.6 Å². The van der Waals surface area contributed by atoms with Gasteiger partial charge in [0.05, 0.1) is 0 Å². The molecule has 1 atom stereocenters. The topological polar surface area (TPSA) is 12.0 Å². The van der Waals surface area contributed by atoms with Gasteiger partial charge in [0.15, 0.2) is 0 Å². The van der Waals surface area contributed by atoms with Crippen LogP contribution in [0.15, 0.2) is 42.5 Å². The molecule has 2 rings (SSSR count). The van der Waals surface area contributed by atoms with Gasteiger partial charge in [0.1, 0.15) is 11.6 Å². The standard InChI is InChI=1S/C16H16ClF2N/c1-2-20-16(9-11-5-3-4-6-14(11)17)13-10-12(18)7-8-15(13)19/h3-8,10,16,20H,2,9H2,1H3. The lowest BCUT2D eigenvalue weighted by Crippen LogP contribution is -2.24. The van der Waals surface area contributed by atoms with Crippen LogP contribution in [0.5, 0.6) is 0 Å². The van der Waals surface area contributed by atoms with E-state index in [-0.39, 0.29) is 6.04 Å². The van der Waals surface area contributed by atoms with Crippen LogP contribution >= 0.6 is 11.6 Å². The Balaban J connectivity index is 2.32. The Kier molecular flexibility index (Phi) is 5.10. The monoisotopic (exact) mass is 295 g/mol. The summed E-state index contributed by atoms with van der Waals surface area (Å²) in [5.41, 5.74) is 1.23. The summed E-state index contributed by atoms with van der Waals surface area (Å²) in [5.74, 6) is -0.854. The maximum Gasteiger partial charge on any atom is 0.128 e. The third kappa shape index (κ3) is 3.56. The third-order valence-corrected chi connectivity index (χ3v) is 3.53. The van der Waals surface area contributed by atoms with Crippen molar-refractivity contribution in [3.05, 3.63) is 70.2 Å². The molecule has 0 radical (unpaired) electrons. The number of halogens is 3. The van der Waals surface area contributed by atoms with Crippen molar-refractivity contribution in [2.45, 2.75) is 19.4 Å². The quantitative estimate of drug-likeness (QED) is 0.855. The molecule has 0 amide bonds. The van der Waals surface area contributed by atoms with Gasteiger partial charge >= 0.3 is 0 Å². The average Bonchev–Trinajstić information content (AvgIpc) is 2.43. The van der Waals surface area contributed by atoms with E-state index in [4.69, 9.17) is 11.6 Å². The number of nitrogens with one attached hydrogen (secondary N) is 1. The van der Waals surface area contributed by atoms with Gasteiger partial charge in [-0.3, -0.25) is 0 Å². The molecule has 106 valence electrons. The summed E-state index contributed by atoms with van der Waals surface area (Å²) in [6.45, 7) is 2.59. The van der Waals surface area contributed by atoms with Gasteiger partial charge < -0.3 is 5.32 Å². The van der Waals surface area contributed by atoms with E-state index in [0.29, 0.717) is 23.6 Å². The van der Waals surface area contributed by atoms with Crippen LogP contribution in [-0.4, -0.2) is 6.54 Å². The molecule has 0 saturated carbocycles. The lowest BCUT2D eigenvalue weighted by molar-refractivity contribution is 0.502. The summed E-state index contributed by atoms with van der Waals surface area (Å²) >= 11 is 6.13. The highest BCUT2D eigenvalue weighted by atomic mass is 35.5. The Morgan fingerprint density at radius 3 is 2.60 bits per heavy atom. The van der Waals surface area contributed by atoms with Crippen LogP contribution in [0.1, 0.15) is 24.1 Å². The molecule has 0 fully saturated rings. The average molecular weight is 296 g/mol. The molecule has 0 aromatic heterocycles. The highest BCUT2D eigenvalue weighted by Crippen LogP contribution is 2.25. The van der Waals surface area contributed by atoms with Gasteiger partial charge in [0, 0.05) is 16.6 Å². The molecule has 0 saturated heterocycles. The zero-order valence-electron chi connectivity index (χ0n) is 11.2. The van der Waals surface area contributed by atoms with Crippen molar-refractivity contribution in [2.24, 2.45) is 0 Å². The minimum atomic E-state index is -0.441. The van der Waals surface area contributed by atoms with E-state index in [1.807, 2.05) is 25.1 Å². The first kappa shape index (κ1) is 14.9. The van der Waals surface area contributed by atoms with Gasteiger partial charge in [-0.1, -0.05) is 36.7 Å². The fourth-order valence-corrected chi connectivity index (χ4v) is 2.42. The van der Waals surface area contributed by atoms with E-state index in [1.165, 1.54) is 6.07 Å². The molecule has 0 aliphatic heterocycles. The number of benzene rings is 2. The Bertz CT molecular complexity index is 586. The first-order chi connectivity index (χ1) is 9.61. The van der Waals surface area contributed by atoms with Crippen molar-refractivity contribution in [3.63, 3.8) is 0 Å². The lowest BCUT2D eigenvalue weighted by atomic mass is 9.98. The van der Waals surface area contributed by atoms with Crippen molar-refractivity contribution in [2.75, 3.05) is 6.54 Å². The number of hydrogen-bond donors (Lipinski definition) is 1. The molecule has 2 aromatic rings. The van der Waals surface area contributed by atoms with Gasteiger partial charge in [-0.2, -0.15) is 0 Å². The van der Waals surface area contributed by atoms with Gasteiger partial charge in [0.25, 0.3) is 0 Å². The lowest BCUT2D eigenvalue weighted by Gasteiger charge is -2.20. The van der Waals surface area contributed by atoms with E-state index in [1.54, 1.807) is 6.07 Å². The molecule has 20 heavy (non-hydrogen) atoms. The van der Waals surface area contributed by atoms with E-state index >= 15 is 0 Å². The highest BCUT2D eigenvalue weighted by molar-refractivity contribution is 6.31. The summed E-state index contributed by atoms with van der Waals surface area (Å²) in [6, 6.07) is 10.6. The largest absolute Gasteiger partial charge is 0.310 e. The van der Waals surface area contributed by atoms with E-state index in [0.717, 1.165) is 17.7 Å². The van der Waals surface area contributed by atoms with E-state index < -0.39 is 11.6 Å². The number of likely N-dealkylation sites (N-methyl/N-ethyl adjacent to an activating group) is 1. The maximum atomic E-state index is 13.9. The SMILES string of the molecule is CCNC(Cc1ccccc1Cl)c1cc(F)ccc1F. The molecule has 1 nitrogen and oxygen atoms in total. The van der Waals surface area contributed by atoms with Crippen LogP contribution in [0.4, 0.5) is 8.78 Å². The van der Waals surface area contributed by atoms with Crippen molar-refractivity contribution in [3.8, 4) is 0 Å². The van der Waals surface area contributed by atoms with Crippen LogP contribution in [-0.2, 0) is 6.42 Å². The van der Waals surface area contributed by atoms with Crippen molar-refractivity contribution in [1.29, 1.82) is 0 Å². The van der Waals surface area contributed by atoms with Crippen LogP contribution in [0, 0.1) is 11.6 Å². The fraction of sp³-hybridized carbons (Fsp3) is 0.250. The predicted molar refractivity (Wildman–Crippen MR) is 77.9 cm³/mol. The summed E-state index contributed by atoms with van der Waals surface area (Å²) < 4.78 is 27.3. The zero-order chi connectivity index (χ0) is 14.5. The molecule has 0 bridgehead atoms. The molecule has 0 aliphatic rings. The van der Waals surface area contributed by atoms with Gasteiger partial charge in [-0.25, -0.2) is 8.78 Å². The van der Waals surface area contributed by atoms with Gasteiger partial charge in [-0.15, -0.1) is 0 Å². The van der Waals surface area contributed by atoms with Crippen LogP contribution < -0.4 is 5.32 Å². The molecule has 0 heterocycles. The minimum Gasteiger partial charge on any atom is -0.310 e. The predicted octanol–water partition coefficient (Wildman–Crippen LogP) is 4.51. The molecular weight excluding hydrogens is 280 g/mol. The number of hydrogen-bond acceptors (Lipinski definition) is 1. The van der Waals surface area contributed by atoms with Crippen LogP contribution in [0.25, 0.3) is 0 Å². The van der Waals surface area contributed by atoms with Crippen LogP contribution in [0.2, 0.25) is 5.02 Å². The maximum absolute atomic E-state index is 13.9. The second-order valence-electron chi connectivity index (χ2n) is 4.57. The minimum absolute atomic E-state index is 0.310. The molecular formula is C16H16ClF2N. The second kappa shape index (κ2) is 6.82. The van der Waals surface area contributed by atoms with Gasteiger partial charge in [0.2, 0.25) is 0 Å². The fourth-order valence-electron chi connectivity index (χ4n) is 2.20. The third-order valence-electron chi connectivity index (χ3n) is 3.17.